The van der Waals surface area contributed by atoms with Gasteiger partial charge in [0.1, 0.15) is 0 Å². The molecule has 7 heteroatoms. The molecule has 6 nitrogen and oxygen atoms in total. The Labute approximate surface area is 210 Å². The minimum Gasteiger partial charge on any atom is -0.349 e. The maximum Gasteiger partial charge on any atom is 0.241 e. The highest BCUT2D eigenvalue weighted by Gasteiger charge is 2.74. The first-order valence-electron chi connectivity index (χ1n) is 11.3. The second-order valence-corrected chi connectivity index (χ2v) is 10.3. The molecular weight excluding hydrogens is 510 g/mol. The SMILES string of the molecule is Cc1cc(C)cc(N2C(=O)[C@H]3[C@@H](C2=O)C2(O[C@H]3c3ccc(Br)cc3)C(=O)c3ccccc3C2=O)c1. The molecule has 6 rings (SSSR count). The molecule has 0 N–H and O–H groups in total. The molecule has 1 spiro atoms. The van der Waals surface area contributed by atoms with Crippen molar-refractivity contribution in [3.63, 3.8) is 0 Å². The maximum absolute atomic E-state index is 14.0. The topological polar surface area (TPSA) is 80.8 Å². The molecule has 3 aliphatic rings. The summed E-state index contributed by atoms with van der Waals surface area (Å²) in [4.78, 5) is 56.5. The fraction of sp³-hybridized carbons (Fsp3) is 0.214. The minimum atomic E-state index is -2.06. The smallest absolute Gasteiger partial charge is 0.241 e. The van der Waals surface area contributed by atoms with E-state index in [0.717, 1.165) is 20.5 Å². The van der Waals surface area contributed by atoms with Gasteiger partial charge in [-0.2, -0.15) is 0 Å². The van der Waals surface area contributed by atoms with Gasteiger partial charge in [0.2, 0.25) is 29.0 Å². The van der Waals surface area contributed by atoms with E-state index < -0.39 is 46.9 Å². The van der Waals surface area contributed by atoms with Gasteiger partial charge in [-0.05, 0) is 54.8 Å². The summed E-state index contributed by atoms with van der Waals surface area (Å²) >= 11 is 3.41. The van der Waals surface area contributed by atoms with Crippen molar-refractivity contribution in [3.05, 3.63) is 99.0 Å². The Morgan fingerprint density at radius 3 is 1.94 bits per heavy atom. The van der Waals surface area contributed by atoms with Crippen molar-refractivity contribution >= 4 is 45.0 Å². The van der Waals surface area contributed by atoms with Crippen molar-refractivity contribution in [1.29, 1.82) is 0 Å². The molecule has 0 radical (unpaired) electrons. The lowest BCUT2D eigenvalue weighted by molar-refractivity contribution is -0.127. The summed E-state index contributed by atoms with van der Waals surface area (Å²) in [6.45, 7) is 3.77. The number of carbonyl (C=O) groups excluding carboxylic acids is 4. The molecule has 1 aliphatic carbocycles. The molecule has 2 amide bonds. The molecular formula is C28H20BrNO5. The largest absolute Gasteiger partial charge is 0.349 e. The zero-order valence-electron chi connectivity index (χ0n) is 18.9. The Balaban J connectivity index is 1.55. The van der Waals surface area contributed by atoms with E-state index in [1.165, 1.54) is 0 Å². The number of fused-ring (bicyclic) bond motifs is 3. The summed E-state index contributed by atoms with van der Waals surface area (Å²) in [6, 6.07) is 19.1. The van der Waals surface area contributed by atoms with Crippen LogP contribution in [0.4, 0.5) is 5.69 Å². The van der Waals surface area contributed by atoms with E-state index in [1.807, 2.05) is 19.9 Å². The highest BCUT2D eigenvalue weighted by molar-refractivity contribution is 9.10. The molecule has 2 fully saturated rings. The van der Waals surface area contributed by atoms with Crippen molar-refractivity contribution in [2.45, 2.75) is 25.6 Å². The van der Waals surface area contributed by atoms with Gasteiger partial charge in [-0.1, -0.05) is 58.4 Å². The van der Waals surface area contributed by atoms with Crippen molar-refractivity contribution in [1.82, 2.24) is 0 Å². The summed E-state index contributed by atoms with van der Waals surface area (Å²) < 4.78 is 7.13. The number of ketones is 2. The Morgan fingerprint density at radius 1 is 0.800 bits per heavy atom. The number of halogens is 1. The van der Waals surface area contributed by atoms with E-state index in [9.17, 15) is 19.2 Å². The Morgan fingerprint density at radius 2 is 1.37 bits per heavy atom. The summed E-state index contributed by atoms with van der Waals surface area (Å²) in [6.07, 6.45) is -0.928. The average molecular weight is 530 g/mol. The fourth-order valence-electron chi connectivity index (χ4n) is 5.80. The van der Waals surface area contributed by atoms with Gasteiger partial charge < -0.3 is 4.74 Å². The summed E-state index contributed by atoms with van der Waals surface area (Å²) in [5.74, 6) is -4.43. The monoisotopic (exact) mass is 529 g/mol. The molecule has 3 atom stereocenters. The number of nitrogens with zero attached hydrogens (tertiary/aromatic N) is 1. The molecule has 2 aliphatic heterocycles. The molecule has 3 aromatic rings. The van der Waals surface area contributed by atoms with Crippen LogP contribution in [0.15, 0.2) is 71.2 Å². The second kappa shape index (κ2) is 7.54. The first-order valence-corrected chi connectivity index (χ1v) is 12.1. The van der Waals surface area contributed by atoms with Crippen LogP contribution in [0, 0.1) is 25.7 Å². The molecule has 2 saturated heterocycles. The molecule has 0 aromatic heterocycles. The standard InChI is InChI=1S/C28H20BrNO5/c1-14-11-15(2)13-18(12-14)30-26(33)21-22(27(30)34)28(35-23(21)16-7-9-17(29)10-8-16)24(31)19-5-3-4-6-20(19)25(28)32/h3-13,21-23H,1-2H3/t21-,22-,23-/m0/s1. The number of hydrogen-bond acceptors (Lipinski definition) is 5. The number of imide groups is 1. The summed E-state index contributed by atoms with van der Waals surface area (Å²) in [5, 5.41) is 0. The van der Waals surface area contributed by atoms with E-state index >= 15 is 0 Å². The third-order valence-corrected chi connectivity index (χ3v) is 7.71. The van der Waals surface area contributed by atoms with Gasteiger partial charge in [0.05, 0.1) is 23.6 Å². The van der Waals surface area contributed by atoms with Crippen molar-refractivity contribution < 1.29 is 23.9 Å². The zero-order valence-corrected chi connectivity index (χ0v) is 20.5. The lowest BCUT2D eigenvalue weighted by atomic mass is 9.77. The number of carbonyl (C=O) groups is 4. The predicted octanol–water partition coefficient (Wildman–Crippen LogP) is 4.76. The van der Waals surface area contributed by atoms with Gasteiger partial charge in [-0.3, -0.25) is 19.2 Å². The van der Waals surface area contributed by atoms with Gasteiger partial charge in [0, 0.05) is 15.6 Å². The number of anilines is 1. The quantitative estimate of drug-likeness (QED) is 0.353. The molecule has 3 aromatic carbocycles. The number of hydrogen-bond donors (Lipinski definition) is 0. The van der Waals surface area contributed by atoms with Crippen LogP contribution < -0.4 is 4.90 Å². The van der Waals surface area contributed by atoms with E-state index in [1.54, 1.807) is 60.7 Å². The van der Waals surface area contributed by atoms with Crippen LogP contribution in [0.2, 0.25) is 0 Å². The number of Topliss-reactive ketones (excluding diaryl/α,β-unsaturated/α-hetero) is 2. The number of benzene rings is 3. The lowest BCUT2D eigenvalue weighted by Gasteiger charge is -2.27. The molecule has 0 saturated carbocycles. The van der Waals surface area contributed by atoms with Crippen molar-refractivity contribution in [2.75, 3.05) is 4.90 Å². The average Bonchev–Trinajstić information content (AvgIpc) is 3.39. The first kappa shape index (κ1) is 22.1. The molecule has 0 unspecified atom stereocenters. The number of amides is 2. The number of aryl methyl sites for hydroxylation is 2. The molecule has 35 heavy (non-hydrogen) atoms. The first-order chi connectivity index (χ1) is 16.7. The van der Waals surface area contributed by atoms with Crippen LogP contribution in [-0.4, -0.2) is 29.0 Å². The van der Waals surface area contributed by atoms with E-state index in [2.05, 4.69) is 15.9 Å². The van der Waals surface area contributed by atoms with E-state index in [4.69, 9.17) is 4.74 Å². The third-order valence-electron chi connectivity index (χ3n) is 7.18. The normalized spacial score (nSPS) is 24.4. The number of ether oxygens (including phenoxy) is 1. The van der Waals surface area contributed by atoms with Gasteiger partial charge >= 0.3 is 0 Å². The molecule has 2 heterocycles. The van der Waals surface area contributed by atoms with Crippen molar-refractivity contribution in [2.24, 2.45) is 11.8 Å². The Hall–Kier alpha value is -3.42. The third kappa shape index (κ3) is 2.91. The van der Waals surface area contributed by atoms with Gasteiger partial charge in [0.15, 0.2) is 0 Å². The molecule has 0 bridgehead atoms. The summed E-state index contributed by atoms with van der Waals surface area (Å²) in [7, 11) is 0. The van der Waals surface area contributed by atoms with Gasteiger partial charge in [0.25, 0.3) is 0 Å². The highest BCUT2D eigenvalue weighted by Crippen LogP contribution is 2.57. The predicted molar refractivity (Wildman–Crippen MR) is 131 cm³/mol. The van der Waals surface area contributed by atoms with Crippen LogP contribution in [0.25, 0.3) is 0 Å². The van der Waals surface area contributed by atoms with Crippen LogP contribution >= 0.6 is 15.9 Å². The van der Waals surface area contributed by atoms with Crippen molar-refractivity contribution in [3.8, 4) is 0 Å². The fourth-order valence-corrected chi connectivity index (χ4v) is 6.07. The Kier molecular flexibility index (Phi) is 4.75. The van der Waals surface area contributed by atoms with E-state index in [0.29, 0.717) is 11.3 Å². The van der Waals surface area contributed by atoms with Gasteiger partial charge in [-0.15, -0.1) is 0 Å². The lowest BCUT2D eigenvalue weighted by Crippen LogP contribution is -2.51. The summed E-state index contributed by atoms with van der Waals surface area (Å²) in [5.41, 5.74) is 1.23. The Bertz CT molecular complexity index is 1410. The zero-order chi connectivity index (χ0) is 24.6. The number of rotatable bonds is 2. The minimum absolute atomic E-state index is 0.220. The van der Waals surface area contributed by atoms with E-state index in [-0.39, 0.29) is 11.1 Å². The molecule has 174 valence electrons. The highest BCUT2D eigenvalue weighted by atomic mass is 79.9. The van der Waals surface area contributed by atoms with Crippen LogP contribution in [0.1, 0.15) is 43.5 Å². The van der Waals surface area contributed by atoms with Crippen LogP contribution in [-0.2, 0) is 14.3 Å². The second-order valence-electron chi connectivity index (χ2n) is 9.39. The van der Waals surface area contributed by atoms with Crippen LogP contribution in [0.5, 0.6) is 0 Å². The van der Waals surface area contributed by atoms with Gasteiger partial charge in [-0.25, -0.2) is 4.90 Å². The maximum atomic E-state index is 14.0. The van der Waals surface area contributed by atoms with Crippen LogP contribution in [0.3, 0.4) is 0 Å².